The van der Waals surface area contributed by atoms with E-state index in [1.165, 1.54) is 0 Å². The van der Waals surface area contributed by atoms with Crippen molar-refractivity contribution in [2.75, 3.05) is 6.61 Å². The number of aliphatic hydroxyl groups is 1. The first-order chi connectivity index (χ1) is 10.2. The molecule has 1 atom stereocenters. The highest BCUT2D eigenvalue weighted by Crippen LogP contribution is 2.23. The third kappa shape index (κ3) is 3.84. The lowest BCUT2D eigenvalue weighted by Gasteiger charge is -2.15. The van der Waals surface area contributed by atoms with Crippen molar-refractivity contribution in [3.05, 3.63) is 46.7 Å². The maximum absolute atomic E-state index is 9.04. The quantitative estimate of drug-likeness (QED) is 0.826. The fourth-order valence-electron chi connectivity index (χ4n) is 2.33. The predicted molar refractivity (Wildman–Crippen MR) is 85.9 cm³/mol. The molecule has 0 bridgehead atoms. The molecule has 0 radical (unpaired) electrons. The average Bonchev–Trinajstić information content (AvgIpc) is 2.79. The first kappa shape index (κ1) is 16.0. The second kappa shape index (κ2) is 7.59. The van der Waals surface area contributed by atoms with E-state index in [-0.39, 0.29) is 6.61 Å². The Morgan fingerprint density at radius 3 is 2.67 bits per heavy atom. The van der Waals surface area contributed by atoms with Crippen molar-refractivity contribution in [2.24, 2.45) is 0 Å². The SMILES string of the molecule is CCC(CCO)NCc1c(C)nn(-c2ccccc2)c1Cl. The van der Waals surface area contributed by atoms with Gasteiger partial charge in [0.15, 0.2) is 0 Å². The van der Waals surface area contributed by atoms with E-state index in [0.29, 0.717) is 17.7 Å². The Labute approximate surface area is 130 Å². The number of aryl methyl sites for hydroxylation is 1. The largest absolute Gasteiger partial charge is 0.396 e. The van der Waals surface area contributed by atoms with Gasteiger partial charge in [-0.05, 0) is 31.9 Å². The van der Waals surface area contributed by atoms with Gasteiger partial charge >= 0.3 is 0 Å². The summed E-state index contributed by atoms with van der Waals surface area (Å²) in [5, 5.41) is 17.6. The number of nitrogens with zero attached hydrogens (tertiary/aromatic N) is 2. The van der Waals surface area contributed by atoms with Gasteiger partial charge in [0.25, 0.3) is 0 Å². The van der Waals surface area contributed by atoms with Crippen LogP contribution in [0.15, 0.2) is 30.3 Å². The number of hydrogen-bond donors (Lipinski definition) is 2. The molecule has 1 aromatic carbocycles. The van der Waals surface area contributed by atoms with E-state index >= 15 is 0 Å². The maximum Gasteiger partial charge on any atom is 0.137 e. The molecule has 0 saturated heterocycles. The normalized spacial score (nSPS) is 12.6. The summed E-state index contributed by atoms with van der Waals surface area (Å²) in [5.74, 6) is 0. The van der Waals surface area contributed by atoms with E-state index in [4.69, 9.17) is 16.7 Å². The van der Waals surface area contributed by atoms with Crippen molar-refractivity contribution in [1.29, 1.82) is 0 Å². The molecule has 21 heavy (non-hydrogen) atoms. The number of hydrogen-bond acceptors (Lipinski definition) is 3. The maximum atomic E-state index is 9.04. The standard InChI is InChI=1S/C16H22ClN3O/c1-3-13(9-10-21)18-11-15-12(2)19-20(16(15)17)14-7-5-4-6-8-14/h4-8,13,18,21H,3,9-11H2,1-2H3. The number of aromatic nitrogens is 2. The van der Waals surface area contributed by atoms with Crippen molar-refractivity contribution in [3.63, 3.8) is 0 Å². The van der Waals surface area contributed by atoms with Gasteiger partial charge in [0.2, 0.25) is 0 Å². The van der Waals surface area contributed by atoms with E-state index in [1.807, 2.05) is 37.3 Å². The summed E-state index contributed by atoms with van der Waals surface area (Å²) in [4.78, 5) is 0. The van der Waals surface area contributed by atoms with Crippen LogP contribution in [0, 0.1) is 6.92 Å². The molecule has 0 aliphatic heterocycles. The lowest BCUT2D eigenvalue weighted by molar-refractivity contribution is 0.262. The van der Waals surface area contributed by atoms with Crippen molar-refractivity contribution < 1.29 is 5.11 Å². The Kier molecular flexibility index (Phi) is 5.79. The van der Waals surface area contributed by atoms with E-state index in [1.54, 1.807) is 4.68 Å². The molecule has 0 spiro atoms. The minimum absolute atomic E-state index is 0.196. The number of halogens is 1. The second-order valence-corrected chi connectivity index (χ2v) is 5.46. The van der Waals surface area contributed by atoms with Crippen LogP contribution >= 0.6 is 11.6 Å². The highest BCUT2D eigenvalue weighted by Gasteiger charge is 2.15. The Balaban J connectivity index is 2.16. The Bertz CT molecular complexity index is 568. The van der Waals surface area contributed by atoms with Crippen LogP contribution in [0.2, 0.25) is 5.15 Å². The Morgan fingerprint density at radius 2 is 2.05 bits per heavy atom. The first-order valence-electron chi connectivity index (χ1n) is 7.31. The molecule has 1 aromatic heterocycles. The highest BCUT2D eigenvalue weighted by atomic mass is 35.5. The van der Waals surface area contributed by atoms with Crippen molar-refractivity contribution in [3.8, 4) is 5.69 Å². The van der Waals surface area contributed by atoms with Crippen molar-refractivity contribution >= 4 is 11.6 Å². The molecule has 0 saturated carbocycles. The molecule has 0 aliphatic rings. The lowest BCUT2D eigenvalue weighted by Crippen LogP contribution is -2.29. The summed E-state index contributed by atoms with van der Waals surface area (Å²) in [6.07, 6.45) is 1.73. The molecule has 0 fully saturated rings. The van der Waals surface area contributed by atoms with Gasteiger partial charge in [0.05, 0.1) is 11.4 Å². The number of nitrogens with one attached hydrogen (secondary N) is 1. The molecule has 4 nitrogen and oxygen atoms in total. The minimum atomic E-state index is 0.196. The molecule has 1 unspecified atom stereocenters. The van der Waals surface area contributed by atoms with E-state index in [9.17, 15) is 0 Å². The second-order valence-electron chi connectivity index (χ2n) is 5.10. The third-order valence-electron chi connectivity index (χ3n) is 3.66. The van der Waals surface area contributed by atoms with Crippen LogP contribution in [0.5, 0.6) is 0 Å². The zero-order valence-electron chi connectivity index (χ0n) is 12.5. The zero-order chi connectivity index (χ0) is 15.2. The summed E-state index contributed by atoms with van der Waals surface area (Å²) in [5.41, 5.74) is 2.89. The third-order valence-corrected chi connectivity index (χ3v) is 4.05. The van der Waals surface area contributed by atoms with Gasteiger partial charge in [-0.15, -0.1) is 0 Å². The van der Waals surface area contributed by atoms with Crippen LogP contribution in [-0.2, 0) is 6.54 Å². The van der Waals surface area contributed by atoms with Crippen LogP contribution in [0.25, 0.3) is 5.69 Å². The topological polar surface area (TPSA) is 50.1 Å². The predicted octanol–water partition coefficient (Wildman–Crippen LogP) is 3.08. The smallest absolute Gasteiger partial charge is 0.137 e. The number of benzene rings is 1. The van der Waals surface area contributed by atoms with Gasteiger partial charge in [0.1, 0.15) is 5.15 Å². The van der Waals surface area contributed by atoms with Crippen LogP contribution < -0.4 is 5.32 Å². The van der Waals surface area contributed by atoms with Gasteiger partial charge in [-0.3, -0.25) is 0 Å². The van der Waals surface area contributed by atoms with Crippen LogP contribution in [-0.4, -0.2) is 27.5 Å². The molecule has 5 heteroatoms. The van der Waals surface area contributed by atoms with Gasteiger partial charge in [-0.25, -0.2) is 4.68 Å². The highest BCUT2D eigenvalue weighted by molar-refractivity contribution is 6.30. The summed E-state index contributed by atoms with van der Waals surface area (Å²) in [6, 6.07) is 10.2. The Morgan fingerprint density at radius 1 is 1.33 bits per heavy atom. The summed E-state index contributed by atoms with van der Waals surface area (Å²) < 4.78 is 1.76. The fourth-order valence-corrected chi connectivity index (χ4v) is 2.66. The van der Waals surface area contributed by atoms with Crippen LogP contribution in [0.3, 0.4) is 0 Å². The van der Waals surface area contributed by atoms with Crippen molar-refractivity contribution in [1.82, 2.24) is 15.1 Å². The van der Waals surface area contributed by atoms with Crippen LogP contribution in [0.1, 0.15) is 31.0 Å². The molecule has 114 valence electrons. The fraction of sp³-hybridized carbons (Fsp3) is 0.438. The van der Waals surface area contributed by atoms with E-state index < -0.39 is 0 Å². The number of rotatable bonds is 7. The molecule has 0 aliphatic carbocycles. The first-order valence-corrected chi connectivity index (χ1v) is 7.68. The molecule has 2 N–H and O–H groups in total. The minimum Gasteiger partial charge on any atom is -0.396 e. The van der Waals surface area contributed by atoms with Gasteiger partial charge in [-0.1, -0.05) is 36.7 Å². The van der Waals surface area contributed by atoms with Crippen molar-refractivity contribution in [2.45, 2.75) is 39.3 Å². The van der Waals surface area contributed by atoms with Gasteiger partial charge in [0, 0.05) is 24.8 Å². The Hall–Kier alpha value is -1.36. The van der Waals surface area contributed by atoms with Crippen LogP contribution in [0.4, 0.5) is 0 Å². The van der Waals surface area contributed by atoms with E-state index in [2.05, 4.69) is 17.3 Å². The monoisotopic (exact) mass is 307 g/mol. The molecular formula is C16H22ClN3O. The molecule has 2 aromatic rings. The molecule has 1 heterocycles. The molecule has 0 amide bonds. The number of para-hydroxylation sites is 1. The van der Waals surface area contributed by atoms with E-state index in [0.717, 1.165) is 29.8 Å². The van der Waals surface area contributed by atoms with Gasteiger partial charge < -0.3 is 10.4 Å². The summed E-state index contributed by atoms with van der Waals surface area (Å²) in [7, 11) is 0. The lowest BCUT2D eigenvalue weighted by atomic mass is 10.1. The number of aliphatic hydroxyl groups excluding tert-OH is 1. The average molecular weight is 308 g/mol. The summed E-state index contributed by atoms with van der Waals surface area (Å²) in [6.45, 7) is 4.93. The molecule has 2 rings (SSSR count). The summed E-state index contributed by atoms with van der Waals surface area (Å²) >= 11 is 6.48. The molecular weight excluding hydrogens is 286 g/mol. The zero-order valence-corrected chi connectivity index (χ0v) is 13.3. The van der Waals surface area contributed by atoms with Gasteiger partial charge in [-0.2, -0.15) is 5.10 Å².